The van der Waals surface area contributed by atoms with E-state index in [0.29, 0.717) is 11.2 Å². The van der Waals surface area contributed by atoms with E-state index in [2.05, 4.69) is 18.8 Å². The van der Waals surface area contributed by atoms with Crippen molar-refractivity contribution in [3.8, 4) is 0 Å². The van der Waals surface area contributed by atoms with Crippen LogP contribution < -0.4 is 10.0 Å². The van der Waals surface area contributed by atoms with E-state index >= 15 is 0 Å². The van der Waals surface area contributed by atoms with Gasteiger partial charge in [-0.1, -0.05) is 42.5 Å². The third-order valence-corrected chi connectivity index (χ3v) is 7.12. The molecule has 0 aliphatic rings. The highest BCUT2D eigenvalue weighted by atomic mass is 32.2. The van der Waals surface area contributed by atoms with E-state index in [0.717, 1.165) is 17.3 Å². The van der Waals surface area contributed by atoms with Crippen LogP contribution in [0, 0.1) is 0 Å². The quantitative estimate of drug-likeness (QED) is 0.330. The fourth-order valence-corrected chi connectivity index (χ4v) is 5.42. The average Bonchev–Trinajstić information content (AvgIpc) is 3.33. The number of benzene rings is 3. The first-order valence-electron chi connectivity index (χ1n) is 10.7. The summed E-state index contributed by atoms with van der Waals surface area (Å²) in [6.07, 6.45) is 0.106. The standard InChI is InChI=1S/C24H22N4O5S2/c1-2-33-24(30)17-10-6-11-18(15-17)25-23(29)20(14-16-8-4-3-5-9-16)28-35(31,32)21-13-7-12-19-22(21)27-34-26-19/h3-13,15,20,28H,2,14H2,1H3,(H,25,29). The van der Waals surface area contributed by atoms with Crippen molar-refractivity contribution in [1.29, 1.82) is 0 Å². The fraction of sp³-hybridized carbons (Fsp3) is 0.167. The van der Waals surface area contributed by atoms with Gasteiger partial charge in [0.1, 0.15) is 22.0 Å². The van der Waals surface area contributed by atoms with Crippen molar-refractivity contribution in [2.45, 2.75) is 24.3 Å². The molecule has 3 aromatic carbocycles. The fourth-order valence-electron chi connectivity index (χ4n) is 3.45. The highest BCUT2D eigenvalue weighted by Gasteiger charge is 2.28. The molecule has 1 atom stereocenters. The number of carbonyl (C=O) groups excluding carboxylic acids is 2. The summed E-state index contributed by atoms with van der Waals surface area (Å²) in [5.74, 6) is -1.10. The SMILES string of the molecule is CCOC(=O)c1cccc(NC(=O)C(Cc2ccccc2)NS(=O)(=O)c2cccc3nsnc23)c1. The van der Waals surface area contributed by atoms with Crippen LogP contribution in [-0.4, -0.2) is 41.7 Å². The van der Waals surface area contributed by atoms with Crippen LogP contribution in [0.15, 0.2) is 77.7 Å². The normalized spacial score (nSPS) is 12.3. The minimum Gasteiger partial charge on any atom is -0.462 e. The number of hydrogen-bond donors (Lipinski definition) is 2. The molecule has 0 saturated carbocycles. The molecule has 0 radical (unpaired) electrons. The number of aromatic nitrogens is 2. The Morgan fingerprint density at radius 1 is 1.00 bits per heavy atom. The van der Waals surface area contributed by atoms with Gasteiger partial charge in [0.2, 0.25) is 15.9 Å². The number of hydrogen-bond acceptors (Lipinski definition) is 8. The number of nitrogens with one attached hydrogen (secondary N) is 2. The van der Waals surface area contributed by atoms with Gasteiger partial charge in [-0.3, -0.25) is 4.79 Å². The summed E-state index contributed by atoms with van der Waals surface area (Å²) in [7, 11) is -4.12. The highest BCUT2D eigenvalue weighted by molar-refractivity contribution is 7.89. The van der Waals surface area contributed by atoms with E-state index < -0.39 is 27.9 Å². The van der Waals surface area contributed by atoms with E-state index in [1.54, 1.807) is 49.4 Å². The molecule has 0 aliphatic carbocycles. The largest absolute Gasteiger partial charge is 0.462 e. The molecule has 0 bridgehead atoms. The van der Waals surface area contributed by atoms with Crippen molar-refractivity contribution < 1.29 is 22.7 Å². The van der Waals surface area contributed by atoms with Gasteiger partial charge in [0, 0.05) is 5.69 Å². The summed E-state index contributed by atoms with van der Waals surface area (Å²) >= 11 is 0.911. The molecule has 2 N–H and O–H groups in total. The Balaban J connectivity index is 1.62. The Bertz CT molecular complexity index is 1460. The Morgan fingerprint density at radius 2 is 1.77 bits per heavy atom. The summed E-state index contributed by atoms with van der Waals surface area (Å²) in [5, 5.41) is 2.71. The number of sulfonamides is 1. The van der Waals surface area contributed by atoms with E-state index in [4.69, 9.17) is 4.74 Å². The number of fused-ring (bicyclic) bond motifs is 1. The molecule has 0 fully saturated rings. The van der Waals surface area contributed by atoms with Crippen LogP contribution in [0.2, 0.25) is 0 Å². The smallest absolute Gasteiger partial charge is 0.338 e. The van der Waals surface area contributed by atoms with Gasteiger partial charge in [0.15, 0.2) is 0 Å². The Hall–Kier alpha value is -3.67. The van der Waals surface area contributed by atoms with Crippen LogP contribution in [0.25, 0.3) is 11.0 Å². The van der Waals surface area contributed by atoms with Crippen LogP contribution >= 0.6 is 11.7 Å². The van der Waals surface area contributed by atoms with Crippen molar-refractivity contribution in [2.24, 2.45) is 0 Å². The molecule has 1 amide bonds. The van der Waals surface area contributed by atoms with Crippen LogP contribution in [0.3, 0.4) is 0 Å². The molecule has 0 saturated heterocycles. The zero-order valence-corrected chi connectivity index (χ0v) is 20.3. The Morgan fingerprint density at radius 3 is 2.54 bits per heavy atom. The molecule has 9 nitrogen and oxygen atoms in total. The second kappa shape index (κ2) is 10.7. The molecule has 4 rings (SSSR count). The molecular formula is C24H22N4O5S2. The second-order valence-electron chi connectivity index (χ2n) is 7.54. The first kappa shape index (κ1) is 24.5. The molecule has 0 aliphatic heterocycles. The van der Waals surface area contributed by atoms with Crippen molar-refractivity contribution in [3.63, 3.8) is 0 Å². The van der Waals surface area contributed by atoms with E-state index in [9.17, 15) is 18.0 Å². The van der Waals surface area contributed by atoms with Crippen LogP contribution in [-0.2, 0) is 26.0 Å². The topological polar surface area (TPSA) is 127 Å². The van der Waals surface area contributed by atoms with Crippen LogP contribution in [0.1, 0.15) is 22.8 Å². The van der Waals surface area contributed by atoms with Crippen LogP contribution in [0.4, 0.5) is 5.69 Å². The number of amides is 1. The van der Waals surface area contributed by atoms with Gasteiger partial charge >= 0.3 is 5.97 Å². The molecule has 1 aromatic heterocycles. The molecule has 1 unspecified atom stereocenters. The van der Waals surface area contributed by atoms with Crippen molar-refractivity contribution in [1.82, 2.24) is 13.5 Å². The lowest BCUT2D eigenvalue weighted by Crippen LogP contribution is -2.45. The number of nitrogens with zero attached hydrogens (tertiary/aromatic N) is 2. The number of carbonyl (C=O) groups is 2. The van der Waals surface area contributed by atoms with E-state index in [1.165, 1.54) is 12.1 Å². The summed E-state index contributed by atoms with van der Waals surface area (Å²) in [6.45, 7) is 1.92. The minimum absolute atomic E-state index is 0.0566. The lowest BCUT2D eigenvalue weighted by atomic mass is 10.1. The highest BCUT2D eigenvalue weighted by Crippen LogP contribution is 2.22. The molecule has 11 heteroatoms. The molecule has 35 heavy (non-hydrogen) atoms. The predicted molar refractivity (Wildman–Crippen MR) is 133 cm³/mol. The zero-order chi connectivity index (χ0) is 24.8. The maximum absolute atomic E-state index is 13.3. The van der Waals surface area contributed by atoms with E-state index in [-0.39, 0.29) is 29.0 Å². The third-order valence-electron chi connectivity index (χ3n) is 5.08. The van der Waals surface area contributed by atoms with Gasteiger partial charge in [-0.15, -0.1) is 0 Å². The Labute approximate surface area is 206 Å². The summed E-state index contributed by atoms with van der Waals surface area (Å²) in [5.41, 5.74) is 2.07. The van der Waals surface area contributed by atoms with Gasteiger partial charge in [-0.25, -0.2) is 13.2 Å². The lowest BCUT2D eigenvalue weighted by molar-refractivity contribution is -0.117. The first-order chi connectivity index (χ1) is 16.9. The van der Waals surface area contributed by atoms with Gasteiger partial charge in [-0.2, -0.15) is 13.5 Å². The summed E-state index contributed by atoms with van der Waals surface area (Å²) < 4.78 is 42.3. The summed E-state index contributed by atoms with van der Waals surface area (Å²) in [6, 6.07) is 18.8. The maximum Gasteiger partial charge on any atom is 0.338 e. The van der Waals surface area contributed by atoms with Gasteiger partial charge in [0.05, 0.1) is 23.9 Å². The van der Waals surface area contributed by atoms with E-state index in [1.807, 2.05) is 18.2 Å². The molecule has 1 heterocycles. The molecule has 4 aromatic rings. The lowest BCUT2D eigenvalue weighted by Gasteiger charge is -2.19. The Kier molecular flexibility index (Phi) is 7.49. The van der Waals surface area contributed by atoms with Crippen LogP contribution in [0.5, 0.6) is 0 Å². The summed E-state index contributed by atoms with van der Waals surface area (Å²) in [4.78, 5) is 25.3. The van der Waals surface area contributed by atoms with Crippen molar-refractivity contribution in [3.05, 3.63) is 83.9 Å². The van der Waals surface area contributed by atoms with Gasteiger partial charge in [-0.05, 0) is 49.2 Å². The molecular weight excluding hydrogens is 488 g/mol. The monoisotopic (exact) mass is 510 g/mol. The minimum atomic E-state index is -4.12. The third kappa shape index (κ3) is 5.88. The number of ether oxygens (including phenoxy) is 1. The first-order valence-corrected chi connectivity index (χ1v) is 12.9. The molecule has 0 spiro atoms. The van der Waals surface area contributed by atoms with Gasteiger partial charge in [0.25, 0.3) is 0 Å². The maximum atomic E-state index is 13.3. The number of rotatable bonds is 9. The number of anilines is 1. The zero-order valence-electron chi connectivity index (χ0n) is 18.7. The second-order valence-corrected chi connectivity index (χ2v) is 9.75. The van der Waals surface area contributed by atoms with Crippen molar-refractivity contribution >= 4 is 50.3 Å². The average molecular weight is 511 g/mol. The number of esters is 1. The predicted octanol–water partition coefficient (Wildman–Crippen LogP) is 3.40. The molecule has 180 valence electrons. The van der Waals surface area contributed by atoms with Gasteiger partial charge < -0.3 is 10.1 Å². The van der Waals surface area contributed by atoms with Crippen molar-refractivity contribution in [2.75, 3.05) is 11.9 Å².